The van der Waals surface area contributed by atoms with Crippen LogP contribution in [0.25, 0.3) is 11.3 Å². The molecular weight excluding hydrogens is 211 g/mol. The fraction of sp³-hybridized carbons (Fsp3) is 0.182. The van der Waals surface area contributed by atoms with Crippen LogP contribution in [-0.2, 0) is 0 Å². The van der Waals surface area contributed by atoms with Gasteiger partial charge in [0.1, 0.15) is 23.9 Å². The van der Waals surface area contributed by atoms with Crippen LogP contribution in [0.4, 0.5) is 10.1 Å². The van der Waals surface area contributed by atoms with Crippen LogP contribution in [0.5, 0.6) is 0 Å². The van der Waals surface area contributed by atoms with Gasteiger partial charge in [0.2, 0.25) is 5.89 Å². The lowest BCUT2D eigenvalue weighted by atomic mass is 10.1. The summed E-state index contributed by atoms with van der Waals surface area (Å²) in [5.41, 5.74) is 6.66. The lowest BCUT2D eigenvalue weighted by Crippen LogP contribution is -1.92. The number of hydrogen-bond donors (Lipinski definition) is 2. The van der Waals surface area contributed by atoms with Gasteiger partial charge in [-0.3, -0.25) is 0 Å². The van der Waals surface area contributed by atoms with Crippen molar-refractivity contribution in [1.29, 1.82) is 0 Å². The number of rotatable bonds is 2. The molecule has 2 aromatic rings. The van der Waals surface area contributed by atoms with Crippen LogP contribution in [0.3, 0.4) is 0 Å². The van der Waals surface area contributed by atoms with Gasteiger partial charge in [-0.15, -0.1) is 0 Å². The van der Waals surface area contributed by atoms with E-state index in [2.05, 4.69) is 4.98 Å². The number of oxazole rings is 1. The summed E-state index contributed by atoms with van der Waals surface area (Å²) in [4.78, 5) is 4.06. The van der Waals surface area contributed by atoms with Crippen LogP contribution in [0, 0.1) is 5.82 Å². The van der Waals surface area contributed by atoms with Gasteiger partial charge in [0, 0.05) is 5.56 Å². The van der Waals surface area contributed by atoms with E-state index in [0.29, 0.717) is 11.3 Å². The van der Waals surface area contributed by atoms with E-state index in [4.69, 9.17) is 10.2 Å². The molecule has 0 saturated heterocycles. The Balaban J connectivity index is 2.39. The maximum absolute atomic E-state index is 12.9. The van der Waals surface area contributed by atoms with Gasteiger partial charge in [0.25, 0.3) is 0 Å². The van der Waals surface area contributed by atoms with Crippen LogP contribution >= 0.6 is 0 Å². The van der Waals surface area contributed by atoms with Crippen LogP contribution in [0.1, 0.15) is 18.9 Å². The third-order valence-electron chi connectivity index (χ3n) is 2.17. The third kappa shape index (κ3) is 1.90. The Morgan fingerprint density at radius 2 is 2.25 bits per heavy atom. The summed E-state index contributed by atoms with van der Waals surface area (Å²) in [6.07, 6.45) is 0.626. The zero-order chi connectivity index (χ0) is 11.7. The highest BCUT2D eigenvalue weighted by Gasteiger charge is 2.11. The fourth-order valence-corrected chi connectivity index (χ4v) is 1.32. The van der Waals surface area contributed by atoms with Crippen LogP contribution in [-0.4, -0.2) is 10.1 Å². The molecule has 1 aromatic carbocycles. The lowest BCUT2D eigenvalue weighted by molar-refractivity contribution is 0.163. The highest BCUT2D eigenvalue weighted by molar-refractivity contribution is 5.63. The molecular formula is C11H11FN2O2. The molecule has 0 fully saturated rings. The topological polar surface area (TPSA) is 72.3 Å². The second-order valence-corrected chi connectivity index (χ2v) is 3.48. The highest BCUT2D eigenvalue weighted by Crippen LogP contribution is 2.24. The van der Waals surface area contributed by atoms with Gasteiger partial charge in [0.15, 0.2) is 0 Å². The first-order valence-electron chi connectivity index (χ1n) is 4.77. The van der Waals surface area contributed by atoms with Gasteiger partial charge in [-0.25, -0.2) is 9.37 Å². The summed E-state index contributed by atoms with van der Waals surface area (Å²) in [6, 6.07) is 4.29. The van der Waals surface area contributed by atoms with Crippen molar-refractivity contribution in [2.24, 2.45) is 0 Å². The molecule has 0 radical (unpaired) electrons. The molecule has 16 heavy (non-hydrogen) atoms. The van der Waals surface area contributed by atoms with E-state index in [0.717, 1.165) is 0 Å². The summed E-state index contributed by atoms with van der Waals surface area (Å²) in [6.45, 7) is 1.55. The zero-order valence-corrected chi connectivity index (χ0v) is 8.64. The minimum Gasteiger partial charge on any atom is -0.446 e. The van der Waals surface area contributed by atoms with Crippen molar-refractivity contribution in [2.45, 2.75) is 13.0 Å². The molecule has 0 bridgehead atoms. The molecule has 1 atom stereocenters. The largest absolute Gasteiger partial charge is 0.446 e. The summed E-state index contributed by atoms with van der Waals surface area (Å²) < 4.78 is 18.0. The van der Waals surface area contributed by atoms with Gasteiger partial charge >= 0.3 is 0 Å². The first-order chi connectivity index (χ1) is 7.58. The second kappa shape index (κ2) is 3.94. The summed E-state index contributed by atoms with van der Waals surface area (Å²) in [5, 5.41) is 9.24. The molecule has 0 saturated carbocycles. The standard InChI is InChI=1S/C11H11FN2O2/c1-6(15)11-14-10(5-16-11)7-2-3-8(12)9(13)4-7/h2-6,15H,13H2,1H3. The third-order valence-corrected chi connectivity index (χ3v) is 2.17. The van der Waals surface area contributed by atoms with Crippen molar-refractivity contribution < 1.29 is 13.9 Å². The molecule has 84 valence electrons. The molecule has 2 rings (SSSR count). The van der Waals surface area contributed by atoms with Crippen molar-refractivity contribution in [2.75, 3.05) is 5.73 Å². The number of halogens is 1. The molecule has 0 spiro atoms. The molecule has 1 aromatic heterocycles. The number of aliphatic hydroxyl groups excluding tert-OH is 1. The quantitative estimate of drug-likeness (QED) is 0.763. The molecule has 4 nitrogen and oxygen atoms in total. The van der Waals surface area contributed by atoms with Gasteiger partial charge in [-0.1, -0.05) is 0 Å². The molecule has 1 heterocycles. The second-order valence-electron chi connectivity index (χ2n) is 3.48. The number of hydrogen-bond acceptors (Lipinski definition) is 4. The summed E-state index contributed by atoms with van der Waals surface area (Å²) in [7, 11) is 0. The Kier molecular flexibility index (Phi) is 2.62. The van der Waals surface area contributed by atoms with E-state index in [9.17, 15) is 9.50 Å². The predicted octanol–water partition coefficient (Wildman–Crippen LogP) is 2.12. The van der Waals surface area contributed by atoms with Gasteiger partial charge in [-0.2, -0.15) is 0 Å². The van der Waals surface area contributed by atoms with Crippen LogP contribution < -0.4 is 5.73 Å². The molecule has 0 aliphatic rings. The highest BCUT2D eigenvalue weighted by atomic mass is 19.1. The van der Waals surface area contributed by atoms with Crippen molar-refractivity contribution in [3.63, 3.8) is 0 Å². The average Bonchev–Trinajstić information content (AvgIpc) is 2.71. The molecule has 3 N–H and O–H groups in total. The van der Waals surface area contributed by atoms with Gasteiger partial charge in [0.05, 0.1) is 5.69 Å². The Labute approximate surface area is 91.5 Å². The minimum absolute atomic E-state index is 0.0547. The van der Waals surface area contributed by atoms with Gasteiger partial charge in [-0.05, 0) is 25.1 Å². The first-order valence-corrected chi connectivity index (χ1v) is 4.77. The monoisotopic (exact) mass is 222 g/mol. The van der Waals surface area contributed by atoms with E-state index in [1.807, 2.05) is 0 Å². The van der Waals surface area contributed by atoms with Crippen molar-refractivity contribution in [3.05, 3.63) is 36.2 Å². The number of nitrogen functional groups attached to an aromatic ring is 1. The average molecular weight is 222 g/mol. The smallest absolute Gasteiger partial charge is 0.223 e. The lowest BCUT2D eigenvalue weighted by Gasteiger charge is -1.99. The van der Waals surface area contributed by atoms with Crippen molar-refractivity contribution in [3.8, 4) is 11.3 Å². The maximum Gasteiger partial charge on any atom is 0.223 e. The van der Waals surface area contributed by atoms with Crippen LogP contribution in [0.15, 0.2) is 28.9 Å². The molecule has 0 amide bonds. The minimum atomic E-state index is -0.772. The SMILES string of the molecule is CC(O)c1nc(-c2ccc(F)c(N)c2)co1. The number of anilines is 1. The fourth-order valence-electron chi connectivity index (χ4n) is 1.32. The van der Waals surface area contributed by atoms with E-state index >= 15 is 0 Å². The molecule has 1 unspecified atom stereocenters. The van der Waals surface area contributed by atoms with Crippen LogP contribution in [0.2, 0.25) is 0 Å². The number of aromatic nitrogens is 1. The first kappa shape index (κ1) is 10.6. The Morgan fingerprint density at radius 1 is 1.50 bits per heavy atom. The summed E-state index contributed by atoms with van der Waals surface area (Å²) in [5.74, 6) is -0.249. The Morgan fingerprint density at radius 3 is 2.81 bits per heavy atom. The van der Waals surface area contributed by atoms with Gasteiger partial charge < -0.3 is 15.3 Å². The molecule has 0 aliphatic heterocycles. The number of nitrogens with two attached hydrogens (primary N) is 1. The van der Waals surface area contributed by atoms with E-state index < -0.39 is 11.9 Å². The Bertz CT molecular complexity index is 508. The number of benzene rings is 1. The zero-order valence-electron chi connectivity index (χ0n) is 8.64. The number of aliphatic hydroxyl groups is 1. The predicted molar refractivity (Wildman–Crippen MR) is 56.9 cm³/mol. The normalized spacial score (nSPS) is 12.7. The van der Waals surface area contributed by atoms with Crippen molar-refractivity contribution >= 4 is 5.69 Å². The molecule has 5 heteroatoms. The molecule has 0 aliphatic carbocycles. The maximum atomic E-state index is 12.9. The van der Waals surface area contributed by atoms with E-state index in [-0.39, 0.29) is 11.6 Å². The number of nitrogens with zero attached hydrogens (tertiary/aromatic N) is 1. The Hall–Kier alpha value is -1.88. The van der Waals surface area contributed by atoms with E-state index in [1.165, 1.54) is 18.4 Å². The van der Waals surface area contributed by atoms with Crippen molar-refractivity contribution in [1.82, 2.24) is 4.98 Å². The summed E-state index contributed by atoms with van der Waals surface area (Å²) >= 11 is 0. The van der Waals surface area contributed by atoms with E-state index in [1.54, 1.807) is 13.0 Å².